The van der Waals surface area contributed by atoms with E-state index in [1.54, 1.807) is 0 Å². The lowest BCUT2D eigenvalue weighted by Gasteiger charge is -2.22. The van der Waals surface area contributed by atoms with Gasteiger partial charge in [0.1, 0.15) is 0 Å². The van der Waals surface area contributed by atoms with Crippen LogP contribution in [0.3, 0.4) is 0 Å². The molecule has 0 aromatic heterocycles. The average molecular weight is 1150 g/mol. The Bertz CT molecular complexity index is 1060. The summed E-state index contributed by atoms with van der Waals surface area (Å²) in [7, 11) is 0. The van der Waals surface area contributed by atoms with Crippen molar-refractivity contribution >= 4 is 0 Å². The Balaban J connectivity index is 5.04. The molecule has 2 atom stereocenters. The van der Waals surface area contributed by atoms with Gasteiger partial charge in [0.25, 0.3) is 0 Å². The van der Waals surface area contributed by atoms with Crippen LogP contribution < -0.4 is 0 Å². The first-order valence-electron chi connectivity index (χ1n) is 36.8. The van der Waals surface area contributed by atoms with Crippen molar-refractivity contribution in [3.8, 4) is 0 Å². The summed E-state index contributed by atoms with van der Waals surface area (Å²) in [5, 5.41) is 0. The molecule has 0 N–H and O–H groups in total. The molecule has 0 saturated heterocycles. The van der Waals surface area contributed by atoms with E-state index < -0.39 is 0 Å². The van der Waals surface area contributed by atoms with E-state index in [0.29, 0.717) is 0 Å². The highest BCUT2D eigenvalue weighted by molar-refractivity contribution is 4.90. The Hall–Kier alpha value is -0.800. The Morgan fingerprint density at radius 1 is 0.210 bits per heavy atom. The molecule has 0 spiro atoms. The SMILES string of the molecule is CCCCCCCCOC(C=CCCCCCCCCCC(OCCCCCCCC)OCCCCCCCC)OC(C=CCCCCCCCCCC(OCCCCCCCC)OCCCCCCCC)OCCCCCCCC. The van der Waals surface area contributed by atoms with E-state index in [9.17, 15) is 0 Å². The van der Waals surface area contributed by atoms with Gasteiger partial charge in [-0.05, 0) is 102 Å². The van der Waals surface area contributed by atoms with Gasteiger partial charge in [-0.15, -0.1) is 0 Å². The minimum absolute atomic E-state index is 0.0185. The van der Waals surface area contributed by atoms with Crippen LogP contribution in [0.2, 0.25) is 0 Å². The van der Waals surface area contributed by atoms with Crippen LogP contribution in [0.4, 0.5) is 0 Å². The minimum atomic E-state index is -0.387. The van der Waals surface area contributed by atoms with E-state index in [0.717, 1.165) is 104 Å². The topological polar surface area (TPSA) is 64.6 Å². The predicted molar refractivity (Wildman–Crippen MR) is 354 cm³/mol. The van der Waals surface area contributed by atoms with Gasteiger partial charge in [0.05, 0.1) is 13.2 Å². The molecule has 484 valence electrons. The third kappa shape index (κ3) is 65.0. The number of rotatable bonds is 72. The summed E-state index contributed by atoms with van der Waals surface area (Å²) in [5.41, 5.74) is 0. The van der Waals surface area contributed by atoms with Crippen LogP contribution in [0.25, 0.3) is 0 Å². The lowest BCUT2D eigenvalue weighted by Crippen LogP contribution is -2.25. The molecule has 0 saturated carbocycles. The molecule has 0 bridgehead atoms. The molecule has 0 radical (unpaired) electrons. The summed E-state index contributed by atoms with van der Waals surface area (Å²) >= 11 is 0. The summed E-state index contributed by atoms with van der Waals surface area (Å²) in [6.45, 7) is 18.6. The number of unbranched alkanes of at least 4 members (excludes halogenated alkanes) is 44. The summed E-state index contributed by atoms with van der Waals surface area (Å²) in [6.07, 6.45) is 76.4. The van der Waals surface area contributed by atoms with E-state index >= 15 is 0 Å². The normalized spacial score (nSPS) is 12.9. The summed E-state index contributed by atoms with van der Waals surface area (Å²) < 4.78 is 44.9. The highest BCUT2D eigenvalue weighted by Crippen LogP contribution is 2.19. The third-order valence-corrected chi connectivity index (χ3v) is 16.2. The average Bonchev–Trinajstić information content (AvgIpc) is 3.47. The maximum atomic E-state index is 6.67. The largest absolute Gasteiger partial charge is 0.353 e. The van der Waals surface area contributed by atoms with Crippen LogP contribution in [-0.2, 0) is 33.2 Å². The lowest BCUT2D eigenvalue weighted by molar-refractivity contribution is -0.208. The second-order valence-corrected chi connectivity index (χ2v) is 24.5. The zero-order valence-electron chi connectivity index (χ0n) is 55.9. The summed E-state index contributed by atoms with van der Waals surface area (Å²) in [5.74, 6) is 0. The van der Waals surface area contributed by atoms with Crippen LogP contribution in [0.15, 0.2) is 24.3 Å². The molecule has 0 aliphatic rings. The number of allylic oxidation sites excluding steroid dienone is 2. The molecule has 7 nitrogen and oxygen atoms in total. The van der Waals surface area contributed by atoms with Crippen molar-refractivity contribution in [2.45, 2.75) is 413 Å². The van der Waals surface area contributed by atoms with Gasteiger partial charge >= 0.3 is 0 Å². The minimum Gasteiger partial charge on any atom is -0.353 e. The standard InChI is InChI=1S/C74H146O7/c1-7-13-19-25-45-55-65-75-71(76-66-56-46-26-20-14-8-2)61-51-41-37-33-31-35-39-43-53-63-73(79-69-59-49-29-23-17-11-5)81-74(80-70-60-50-30-24-18-12-6)64-54-44-40-36-32-34-38-42-52-62-72(77-67-57-47-27-21-15-9-3)78-68-58-48-28-22-16-10-4/h53-54,63-64,71-74H,7-52,55-62,65-70H2,1-6H3. The summed E-state index contributed by atoms with van der Waals surface area (Å²) in [4.78, 5) is 0. The fraction of sp³-hybridized carbons (Fsp3) is 0.946. The van der Waals surface area contributed by atoms with Crippen molar-refractivity contribution in [3.63, 3.8) is 0 Å². The molecule has 0 aliphatic heterocycles. The van der Waals surface area contributed by atoms with E-state index in [2.05, 4.69) is 65.8 Å². The smallest absolute Gasteiger partial charge is 0.180 e. The Morgan fingerprint density at radius 3 is 0.654 bits per heavy atom. The van der Waals surface area contributed by atoms with Gasteiger partial charge in [-0.2, -0.15) is 0 Å². The predicted octanol–water partition coefficient (Wildman–Crippen LogP) is 24.7. The maximum absolute atomic E-state index is 6.67. The van der Waals surface area contributed by atoms with Crippen LogP contribution in [0.5, 0.6) is 0 Å². The molecule has 0 rings (SSSR count). The molecule has 2 unspecified atom stereocenters. The van der Waals surface area contributed by atoms with Crippen molar-refractivity contribution < 1.29 is 33.2 Å². The zero-order chi connectivity index (χ0) is 58.5. The van der Waals surface area contributed by atoms with Gasteiger partial charge in [0.15, 0.2) is 25.2 Å². The second-order valence-electron chi connectivity index (χ2n) is 24.5. The van der Waals surface area contributed by atoms with Gasteiger partial charge in [-0.25, -0.2) is 0 Å². The Kier molecular flexibility index (Phi) is 71.0. The summed E-state index contributed by atoms with van der Waals surface area (Å²) in [6, 6.07) is 0. The van der Waals surface area contributed by atoms with Crippen molar-refractivity contribution in [2.75, 3.05) is 39.6 Å². The number of ether oxygens (including phenoxy) is 7. The first-order chi connectivity index (χ1) is 40.1. The Morgan fingerprint density at radius 2 is 0.407 bits per heavy atom. The molecule has 0 aromatic rings. The van der Waals surface area contributed by atoms with E-state index in [-0.39, 0.29) is 25.2 Å². The monoisotopic (exact) mass is 1150 g/mol. The van der Waals surface area contributed by atoms with Gasteiger partial charge in [-0.3, -0.25) is 0 Å². The van der Waals surface area contributed by atoms with E-state index in [1.165, 1.54) is 283 Å². The van der Waals surface area contributed by atoms with Crippen molar-refractivity contribution in [1.29, 1.82) is 0 Å². The highest BCUT2D eigenvalue weighted by atomic mass is 16.8. The van der Waals surface area contributed by atoms with Crippen LogP contribution in [-0.4, -0.2) is 64.8 Å². The number of hydrogen-bond donors (Lipinski definition) is 0. The van der Waals surface area contributed by atoms with Gasteiger partial charge in [0, 0.05) is 26.4 Å². The zero-order valence-corrected chi connectivity index (χ0v) is 55.9. The highest BCUT2D eigenvalue weighted by Gasteiger charge is 2.15. The van der Waals surface area contributed by atoms with Crippen molar-refractivity contribution in [2.24, 2.45) is 0 Å². The molecule has 7 heteroatoms. The Labute approximate surface area is 508 Å². The van der Waals surface area contributed by atoms with Crippen molar-refractivity contribution in [1.82, 2.24) is 0 Å². The van der Waals surface area contributed by atoms with Gasteiger partial charge in [-0.1, -0.05) is 311 Å². The fourth-order valence-electron chi connectivity index (χ4n) is 10.7. The molecule has 0 amide bonds. The maximum Gasteiger partial charge on any atom is 0.180 e. The van der Waals surface area contributed by atoms with E-state index in [4.69, 9.17) is 33.2 Å². The van der Waals surface area contributed by atoms with Crippen LogP contribution >= 0.6 is 0 Å². The third-order valence-electron chi connectivity index (χ3n) is 16.2. The molecule has 0 aromatic carbocycles. The molecular weight excluding hydrogens is 1000 g/mol. The molecule has 0 heterocycles. The quantitative estimate of drug-likeness (QED) is 0.0342. The molecule has 0 fully saturated rings. The van der Waals surface area contributed by atoms with Crippen LogP contribution in [0.1, 0.15) is 388 Å². The molecular formula is C74H146O7. The first-order valence-corrected chi connectivity index (χ1v) is 36.8. The molecule has 0 aliphatic carbocycles. The van der Waals surface area contributed by atoms with Gasteiger partial charge in [0.2, 0.25) is 0 Å². The fourth-order valence-corrected chi connectivity index (χ4v) is 10.7. The molecule has 81 heavy (non-hydrogen) atoms. The van der Waals surface area contributed by atoms with Crippen LogP contribution in [0, 0.1) is 0 Å². The van der Waals surface area contributed by atoms with Gasteiger partial charge < -0.3 is 33.2 Å². The first kappa shape index (κ1) is 80.2. The number of hydrogen-bond acceptors (Lipinski definition) is 7. The van der Waals surface area contributed by atoms with E-state index in [1.807, 2.05) is 0 Å². The van der Waals surface area contributed by atoms with Crippen molar-refractivity contribution in [3.05, 3.63) is 24.3 Å². The second kappa shape index (κ2) is 71.7. The lowest BCUT2D eigenvalue weighted by atomic mass is 10.1.